The van der Waals surface area contributed by atoms with Crippen LogP contribution in [0, 0.1) is 5.82 Å². The van der Waals surface area contributed by atoms with E-state index in [0.717, 1.165) is 24.8 Å². The number of amides is 2. The number of aryl methyl sites for hydroxylation is 1. The molecule has 2 aliphatic heterocycles. The lowest BCUT2D eigenvalue weighted by molar-refractivity contribution is -0.133. The molecule has 2 aliphatic rings. The van der Waals surface area contributed by atoms with Gasteiger partial charge in [0.15, 0.2) is 0 Å². The number of fused-ring (bicyclic) bond motifs is 1. The maximum atomic E-state index is 13.9. The Morgan fingerprint density at radius 3 is 2.62 bits per heavy atom. The van der Waals surface area contributed by atoms with Gasteiger partial charge in [-0.2, -0.15) is 0 Å². The van der Waals surface area contributed by atoms with Crippen molar-refractivity contribution in [2.75, 3.05) is 6.54 Å². The van der Waals surface area contributed by atoms with Gasteiger partial charge in [-0.15, -0.1) is 0 Å². The highest BCUT2D eigenvalue weighted by Gasteiger charge is 2.45. The fourth-order valence-corrected chi connectivity index (χ4v) is 4.74. The van der Waals surface area contributed by atoms with Crippen molar-refractivity contribution in [3.8, 4) is 0 Å². The van der Waals surface area contributed by atoms with E-state index in [-0.39, 0.29) is 42.1 Å². The number of carbonyl (C=O) groups is 2. The van der Waals surface area contributed by atoms with Crippen LogP contribution >= 0.6 is 0 Å². The number of nitrogens with one attached hydrogen (secondary N) is 1. The van der Waals surface area contributed by atoms with Crippen molar-refractivity contribution in [3.05, 3.63) is 71.5 Å². The smallest absolute Gasteiger partial charge is 0.223 e. The molecular weight excluding hydrogens is 367 g/mol. The molecule has 2 heterocycles. The van der Waals surface area contributed by atoms with Crippen molar-refractivity contribution in [2.45, 2.75) is 56.5 Å². The van der Waals surface area contributed by atoms with E-state index in [9.17, 15) is 14.0 Å². The average Bonchev–Trinajstić information content (AvgIpc) is 3.07. The Bertz CT molecular complexity index is 870. The normalized spacial score (nSPS) is 24.4. The second kappa shape index (κ2) is 8.76. The van der Waals surface area contributed by atoms with Gasteiger partial charge in [0, 0.05) is 25.3 Å². The number of hydrogen-bond acceptors (Lipinski definition) is 2. The number of carbonyl (C=O) groups excluding carboxylic acids is 2. The predicted molar refractivity (Wildman–Crippen MR) is 110 cm³/mol. The van der Waals surface area contributed by atoms with E-state index in [0.29, 0.717) is 24.9 Å². The minimum absolute atomic E-state index is 0.00224. The number of rotatable bonds is 4. The van der Waals surface area contributed by atoms with E-state index in [1.54, 1.807) is 18.2 Å². The molecule has 0 spiro atoms. The van der Waals surface area contributed by atoms with Crippen molar-refractivity contribution in [2.24, 2.45) is 0 Å². The van der Waals surface area contributed by atoms with Crippen LogP contribution in [0.3, 0.4) is 0 Å². The zero-order valence-electron chi connectivity index (χ0n) is 16.5. The summed E-state index contributed by atoms with van der Waals surface area (Å²) in [6, 6.07) is 16.7. The Hall–Kier alpha value is -2.69. The van der Waals surface area contributed by atoms with Gasteiger partial charge >= 0.3 is 0 Å². The molecule has 2 fully saturated rings. The number of halogens is 1. The molecule has 4 nitrogen and oxygen atoms in total. The van der Waals surface area contributed by atoms with Gasteiger partial charge in [0.2, 0.25) is 11.8 Å². The number of nitrogens with zero attached hydrogens (tertiary/aromatic N) is 1. The molecule has 1 N–H and O–H groups in total. The minimum Gasteiger partial charge on any atom is -0.351 e. The van der Waals surface area contributed by atoms with Gasteiger partial charge in [-0.3, -0.25) is 9.59 Å². The van der Waals surface area contributed by atoms with Gasteiger partial charge in [-0.25, -0.2) is 4.39 Å². The molecule has 2 aromatic carbocycles. The molecule has 2 saturated heterocycles. The first kappa shape index (κ1) is 19.6. The standard InChI is InChI=1S/C24H27FN2O2/c25-20-11-5-4-10-18(20)14-15-23(29)27-16-19(17-8-2-1-3-9-17)24-21(27)12-6-7-13-22(28)26-24/h1-5,8-11,19,21,24H,6-7,12-16H2,(H,26,28)/t19-,21+,24-/m0/s1. The van der Waals surface area contributed by atoms with Gasteiger partial charge in [-0.1, -0.05) is 55.0 Å². The van der Waals surface area contributed by atoms with Crippen LogP contribution in [0.1, 0.15) is 49.1 Å². The van der Waals surface area contributed by atoms with Gasteiger partial charge in [0.1, 0.15) is 5.82 Å². The fourth-order valence-electron chi connectivity index (χ4n) is 4.74. The first-order valence-corrected chi connectivity index (χ1v) is 10.5. The number of likely N-dealkylation sites (tertiary alicyclic amines) is 1. The van der Waals surface area contributed by atoms with Crippen LogP contribution in [-0.2, 0) is 16.0 Å². The molecule has 0 unspecified atom stereocenters. The molecular formula is C24H27FN2O2. The minimum atomic E-state index is -0.264. The summed E-state index contributed by atoms with van der Waals surface area (Å²) < 4.78 is 13.9. The van der Waals surface area contributed by atoms with Crippen LogP contribution in [0.25, 0.3) is 0 Å². The maximum absolute atomic E-state index is 13.9. The van der Waals surface area contributed by atoms with Crippen molar-refractivity contribution in [1.29, 1.82) is 0 Å². The Morgan fingerprint density at radius 2 is 1.83 bits per heavy atom. The Kier molecular flexibility index (Phi) is 5.93. The van der Waals surface area contributed by atoms with Crippen LogP contribution in [0.4, 0.5) is 4.39 Å². The lowest BCUT2D eigenvalue weighted by atomic mass is 9.88. The van der Waals surface area contributed by atoms with E-state index in [1.165, 1.54) is 6.07 Å². The highest BCUT2D eigenvalue weighted by molar-refractivity contribution is 5.79. The zero-order chi connectivity index (χ0) is 20.2. The molecule has 0 saturated carbocycles. The maximum Gasteiger partial charge on any atom is 0.223 e. The van der Waals surface area contributed by atoms with Crippen molar-refractivity contribution in [3.63, 3.8) is 0 Å². The summed E-state index contributed by atoms with van der Waals surface area (Å²) in [6.07, 6.45) is 3.89. The van der Waals surface area contributed by atoms with Gasteiger partial charge in [0.25, 0.3) is 0 Å². The molecule has 0 aliphatic carbocycles. The molecule has 0 aromatic heterocycles. The quantitative estimate of drug-likeness (QED) is 0.857. The summed E-state index contributed by atoms with van der Waals surface area (Å²) in [6.45, 7) is 0.593. The van der Waals surface area contributed by atoms with E-state index < -0.39 is 0 Å². The van der Waals surface area contributed by atoms with E-state index in [4.69, 9.17) is 0 Å². The monoisotopic (exact) mass is 394 g/mol. The third-order valence-corrected chi connectivity index (χ3v) is 6.24. The zero-order valence-corrected chi connectivity index (χ0v) is 16.5. The number of benzene rings is 2. The molecule has 5 heteroatoms. The molecule has 0 bridgehead atoms. The third-order valence-electron chi connectivity index (χ3n) is 6.24. The van der Waals surface area contributed by atoms with Crippen LogP contribution in [0.5, 0.6) is 0 Å². The lowest BCUT2D eigenvalue weighted by Gasteiger charge is -2.31. The first-order valence-electron chi connectivity index (χ1n) is 10.5. The van der Waals surface area contributed by atoms with Crippen LogP contribution in [-0.4, -0.2) is 35.3 Å². The summed E-state index contributed by atoms with van der Waals surface area (Å²) in [5.41, 5.74) is 1.72. The highest BCUT2D eigenvalue weighted by atomic mass is 19.1. The lowest BCUT2D eigenvalue weighted by Crippen LogP contribution is -2.48. The third kappa shape index (κ3) is 4.34. The predicted octanol–water partition coefficient (Wildman–Crippen LogP) is 3.81. The summed E-state index contributed by atoms with van der Waals surface area (Å²) in [7, 11) is 0. The summed E-state index contributed by atoms with van der Waals surface area (Å²) in [4.78, 5) is 27.4. The Labute approximate surface area is 171 Å². The van der Waals surface area contributed by atoms with Crippen LogP contribution in [0.2, 0.25) is 0 Å². The second-order valence-electron chi connectivity index (χ2n) is 8.06. The summed E-state index contributed by atoms with van der Waals surface area (Å²) >= 11 is 0. The molecule has 29 heavy (non-hydrogen) atoms. The average molecular weight is 394 g/mol. The Morgan fingerprint density at radius 1 is 1.07 bits per heavy atom. The van der Waals surface area contributed by atoms with E-state index >= 15 is 0 Å². The first-order chi connectivity index (χ1) is 14.1. The second-order valence-corrected chi connectivity index (χ2v) is 8.06. The molecule has 3 atom stereocenters. The van der Waals surface area contributed by atoms with E-state index in [1.807, 2.05) is 23.1 Å². The van der Waals surface area contributed by atoms with Crippen molar-refractivity contribution < 1.29 is 14.0 Å². The largest absolute Gasteiger partial charge is 0.351 e. The fraction of sp³-hybridized carbons (Fsp3) is 0.417. The van der Waals surface area contributed by atoms with Gasteiger partial charge < -0.3 is 10.2 Å². The van der Waals surface area contributed by atoms with E-state index in [2.05, 4.69) is 17.4 Å². The molecule has 4 rings (SSSR count). The van der Waals surface area contributed by atoms with Crippen LogP contribution in [0.15, 0.2) is 54.6 Å². The van der Waals surface area contributed by atoms with Crippen molar-refractivity contribution >= 4 is 11.8 Å². The summed E-state index contributed by atoms with van der Waals surface area (Å²) in [5.74, 6) is -0.0709. The van der Waals surface area contributed by atoms with Crippen LogP contribution < -0.4 is 5.32 Å². The highest BCUT2D eigenvalue weighted by Crippen LogP contribution is 2.36. The van der Waals surface area contributed by atoms with Gasteiger partial charge in [0.05, 0.1) is 12.1 Å². The molecule has 152 valence electrons. The van der Waals surface area contributed by atoms with Gasteiger partial charge in [-0.05, 0) is 36.5 Å². The molecule has 0 radical (unpaired) electrons. The summed E-state index contributed by atoms with van der Waals surface area (Å²) in [5, 5.41) is 3.20. The van der Waals surface area contributed by atoms with Crippen molar-refractivity contribution in [1.82, 2.24) is 10.2 Å². The SMILES string of the molecule is O=C1CCCC[C@@H]2[C@@H](N1)[C@H](c1ccccc1)CN2C(=O)CCc1ccccc1F. The topological polar surface area (TPSA) is 49.4 Å². The Balaban J connectivity index is 1.54. The molecule has 2 amide bonds. The number of hydrogen-bond donors (Lipinski definition) is 1. The molecule has 2 aromatic rings.